The van der Waals surface area contributed by atoms with Gasteiger partial charge in [-0.15, -0.1) is 0 Å². The van der Waals surface area contributed by atoms with Gasteiger partial charge >= 0.3 is 0 Å². The van der Waals surface area contributed by atoms with Crippen molar-refractivity contribution in [3.63, 3.8) is 0 Å². The van der Waals surface area contributed by atoms with Crippen LogP contribution in [0.2, 0.25) is 0 Å². The summed E-state index contributed by atoms with van der Waals surface area (Å²) < 4.78 is 19.7. The fourth-order valence-corrected chi connectivity index (χ4v) is 2.87. The van der Waals surface area contributed by atoms with E-state index in [4.69, 9.17) is 4.74 Å². The molecule has 2 rings (SSSR count). The molecule has 0 bridgehead atoms. The summed E-state index contributed by atoms with van der Waals surface area (Å²) in [6.45, 7) is 6.09. The van der Waals surface area contributed by atoms with Crippen molar-refractivity contribution >= 4 is 0 Å². The standard InChI is InChI=1S/C16H25FN2O/c1-3-4-7-14(19-11-9-18-10-12-19)13-6-5-8-15(20-2)16(13)17/h5-6,8,14,18H,3-4,7,9-12H2,1-2H3/t14-/m1/s1. The lowest BCUT2D eigenvalue weighted by Gasteiger charge is -2.35. The second-order valence-corrected chi connectivity index (χ2v) is 5.31. The fourth-order valence-electron chi connectivity index (χ4n) is 2.87. The number of hydrogen-bond donors (Lipinski definition) is 1. The minimum Gasteiger partial charge on any atom is -0.494 e. The summed E-state index contributed by atoms with van der Waals surface area (Å²) in [4.78, 5) is 2.39. The van der Waals surface area contributed by atoms with Gasteiger partial charge < -0.3 is 10.1 Å². The van der Waals surface area contributed by atoms with E-state index < -0.39 is 0 Å². The van der Waals surface area contributed by atoms with Crippen molar-refractivity contribution in [1.29, 1.82) is 0 Å². The van der Waals surface area contributed by atoms with Crippen LogP contribution >= 0.6 is 0 Å². The molecule has 112 valence electrons. The molecule has 20 heavy (non-hydrogen) atoms. The molecule has 1 heterocycles. The lowest BCUT2D eigenvalue weighted by atomic mass is 9.98. The van der Waals surface area contributed by atoms with Crippen LogP contribution in [-0.2, 0) is 0 Å². The van der Waals surface area contributed by atoms with Gasteiger partial charge in [0.05, 0.1) is 7.11 Å². The molecule has 0 saturated carbocycles. The Morgan fingerprint density at radius 2 is 2.10 bits per heavy atom. The third-order valence-electron chi connectivity index (χ3n) is 4.00. The zero-order valence-electron chi connectivity index (χ0n) is 12.5. The first-order chi connectivity index (χ1) is 9.77. The van der Waals surface area contributed by atoms with E-state index in [-0.39, 0.29) is 11.9 Å². The molecular formula is C16H25FN2O. The van der Waals surface area contributed by atoms with Crippen molar-refractivity contribution in [3.8, 4) is 5.75 Å². The third kappa shape index (κ3) is 3.49. The normalized spacial score (nSPS) is 17.9. The summed E-state index contributed by atoms with van der Waals surface area (Å²) >= 11 is 0. The zero-order chi connectivity index (χ0) is 14.4. The van der Waals surface area contributed by atoms with Gasteiger partial charge in [-0.1, -0.05) is 31.9 Å². The van der Waals surface area contributed by atoms with E-state index in [1.165, 1.54) is 7.11 Å². The van der Waals surface area contributed by atoms with E-state index in [9.17, 15) is 4.39 Å². The number of unbranched alkanes of at least 4 members (excludes halogenated alkanes) is 1. The molecule has 0 radical (unpaired) electrons. The van der Waals surface area contributed by atoms with Crippen LogP contribution in [-0.4, -0.2) is 38.2 Å². The molecule has 3 nitrogen and oxygen atoms in total. The number of piperazine rings is 1. The lowest BCUT2D eigenvalue weighted by molar-refractivity contribution is 0.159. The molecule has 1 aliphatic heterocycles. The number of methoxy groups -OCH3 is 1. The average Bonchev–Trinajstić information content (AvgIpc) is 2.50. The molecule has 1 fully saturated rings. The predicted molar refractivity (Wildman–Crippen MR) is 79.7 cm³/mol. The van der Waals surface area contributed by atoms with Gasteiger partial charge in [-0.05, 0) is 12.5 Å². The van der Waals surface area contributed by atoms with Crippen LogP contribution in [0.15, 0.2) is 18.2 Å². The molecule has 1 aromatic rings. The van der Waals surface area contributed by atoms with Crippen LogP contribution in [0.4, 0.5) is 4.39 Å². The molecule has 1 aromatic carbocycles. The summed E-state index contributed by atoms with van der Waals surface area (Å²) in [5.74, 6) is 0.147. The number of hydrogen-bond acceptors (Lipinski definition) is 3. The smallest absolute Gasteiger partial charge is 0.169 e. The highest BCUT2D eigenvalue weighted by atomic mass is 19.1. The average molecular weight is 280 g/mol. The molecule has 1 N–H and O–H groups in total. The molecule has 0 amide bonds. The molecule has 0 spiro atoms. The van der Waals surface area contributed by atoms with Crippen molar-refractivity contribution in [2.24, 2.45) is 0 Å². The topological polar surface area (TPSA) is 24.5 Å². The van der Waals surface area contributed by atoms with Gasteiger partial charge in [0.15, 0.2) is 11.6 Å². The number of ether oxygens (including phenoxy) is 1. The highest BCUT2D eigenvalue weighted by molar-refractivity contribution is 5.33. The molecular weight excluding hydrogens is 255 g/mol. The molecule has 1 atom stereocenters. The monoisotopic (exact) mass is 280 g/mol. The maximum absolute atomic E-state index is 14.5. The van der Waals surface area contributed by atoms with Gasteiger partial charge in [-0.2, -0.15) is 0 Å². The van der Waals surface area contributed by atoms with E-state index in [1.807, 2.05) is 12.1 Å². The van der Waals surface area contributed by atoms with Gasteiger partial charge in [-0.3, -0.25) is 4.90 Å². The maximum atomic E-state index is 14.5. The Morgan fingerprint density at radius 1 is 1.35 bits per heavy atom. The SMILES string of the molecule is CCCC[C@H](c1cccc(OC)c1F)N1CCNCC1. The van der Waals surface area contributed by atoms with Crippen molar-refractivity contribution in [2.75, 3.05) is 33.3 Å². The fraction of sp³-hybridized carbons (Fsp3) is 0.625. The van der Waals surface area contributed by atoms with E-state index in [0.717, 1.165) is 51.0 Å². The molecule has 0 aliphatic carbocycles. The first kappa shape index (κ1) is 15.3. The summed E-state index contributed by atoms with van der Waals surface area (Å²) in [6, 6.07) is 5.64. The van der Waals surface area contributed by atoms with E-state index in [1.54, 1.807) is 6.07 Å². The second-order valence-electron chi connectivity index (χ2n) is 5.31. The van der Waals surface area contributed by atoms with Crippen LogP contribution in [0, 0.1) is 5.82 Å². The van der Waals surface area contributed by atoms with Crippen molar-refractivity contribution in [3.05, 3.63) is 29.6 Å². The first-order valence-corrected chi connectivity index (χ1v) is 7.55. The highest BCUT2D eigenvalue weighted by Gasteiger charge is 2.25. The van der Waals surface area contributed by atoms with Crippen LogP contribution in [0.25, 0.3) is 0 Å². The number of nitrogens with one attached hydrogen (secondary N) is 1. The Balaban J connectivity index is 2.25. The van der Waals surface area contributed by atoms with Crippen molar-refractivity contribution in [2.45, 2.75) is 32.2 Å². The summed E-state index contributed by atoms with van der Waals surface area (Å²) in [5.41, 5.74) is 0.778. The van der Waals surface area contributed by atoms with E-state index in [2.05, 4.69) is 17.1 Å². The van der Waals surface area contributed by atoms with Gasteiger partial charge in [-0.25, -0.2) is 4.39 Å². The van der Waals surface area contributed by atoms with Crippen LogP contribution in [0.5, 0.6) is 5.75 Å². The molecule has 0 unspecified atom stereocenters. The zero-order valence-corrected chi connectivity index (χ0v) is 12.5. The van der Waals surface area contributed by atoms with E-state index >= 15 is 0 Å². The quantitative estimate of drug-likeness (QED) is 0.867. The largest absolute Gasteiger partial charge is 0.494 e. The minimum absolute atomic E-state index is 0.159. The van der Waals surface area contributed by atoms with Crippen LogP contribution < -0.4 is 10.1 Å². The molecule has 4 heteroatoms. The third-order valence-corrected chi connectivity index (χ3v) is 4.00. The maximum Gasteiger partial charge on any atom is 0.169 e. The number of benzene rings is 1. The molecule has 1 saturated heterocycles. The molecule has 1 aliphatic rings. The van der Waals surface area contributed by atoms with Crippen LogP contribution in [0.3, 0.4) is 0 Å². The Hall–Kier alpha value is -1.13. The van der Waals surface area contributed by atoms with Gasteiger partial charge in [0, 0.05) is 37.8 Å². The Kier molecular flexibility index (Phi) is 5.80. The van der Waals surface area contributed by atoms with Gasteiger partial charge in [0.1, 0.15) is 0 Å². The van der Waals surface area contributed by atoms with Crippen molar-refractivity contribution < 1.29 is 9.13 Å². The summed E-state index contributed by atoms with van der Waals surface area (Å²) in [5, 5.41) is 3.35. The van der Waals surface area contributed by atoms with Crippen LogP contribution in [0.1, 0.15) is 37.8 Å². The Labute approximate surface area is 121 Å². The van der Waals surface area contributed by atoms with Crippen molar-refractivity contribution in [1.82, 2.24) is 10.2 Å². The first-order valence-electron chi connectivity index (χ1n) is 7.55. The predicted octanol–water partition coefficient (Wildman–Crippen LogP) is 2.97. The number of nitrogens with zero attached hydrogens (tertiary/aromatic N) is 1. The lowest BCUT2D eigenvalue weighted by Crippen LogP contribution is -2.45. The van der Waals surface area contributed by atoms with E-state index in [0.29, 0.717) is 5.75 Å². The number of rotatable bonds is 6. The number of halogens is 1. The Morgan fingerprint density at radius 3 is 2.75 bits per heavy atom. The summed E-state index contributed by atoms with van der Waals surface area (Å²) in [6.07, 6.45) is 3.25. The minimum atomic E-state index is -0.199. The summed E-state index contributed by atoms with van der Waals surface area (Å²) in [7, 11) is 1.52. The highest BCUT2D eigenvalue weighted by Crippen LogP contribution is 2.32. The second kappa shape index (κ2) is 7.60. The molecule has 0 aromatic heterocycles. The van der Waals surface area contributed by atoms with Gasteiger partial charge in [0.25, 0.3) is 0 Å². The van der Waals surface area contributed by atoms with Gasteiger partial charge in [0.2, 0.25) is 0 Å². The Bertz CT molecular complexity index is 419.